The van der Waals surface area contributed by atoms with Gasteiger partial charge in [0.25, 0.3) is 5.56 Å². The fraction of sp³-hybridized carbons (Fsp3) is 0.400. The summed E-state index contributed by atoms with van der Waals surface area (Å²) in [7, 11) is 1.91. The molecule has 3 aliphatic rings. The molecule has 2 aliphatic heterocycles. The van der Waals surface area contributed by atoms with Gasteiger partial charge < -0.3 is 24.3 Å². The van der Waals surface area contributed by atoms with Gasteiger partial charge in [-0.15, -0.1) is 0 Å². The number of aromatic nitrogens is 2. The number of carbonyl (C=O) groups excluding carboxylic acids is 1. The van der Waals surface area contributed by atoms with Gasteiger partial charge in [0.05, 0.1) is 34.6 Å². The smallest absolute Gasteiger partial charge is 0.343 e. The lowest BCUT2D eigenvalue weighted by Gasteiger charge is -2.39. The van der Waals surface area contributed by atoms with E-state index < -0.39 is 22.9 Å². The molecule has 0 spiro atoms. The van der Waals surface area contributed by atoms with Crippen molar-refractivity contribution in [3.8, 4) is 11.3 Å². The van der Waals surface area contributed by atoms with E-state index in [1.807, 2.05) is 7.05 Å². The van der Waals surface area contributed by atoms with E-state index in [2.05, 4.69) is 9.88 Å². The van der Waals surface area contributed by atoms with Gasteiger partial charge in [0, 0.05) is 23.0 Å². The van der Waals surface area contributed by atoms with Crippen LogP contribution in [0, 0.1) is 5.82 Å². The zero-order chi connectivity index (χ0) is 23.9. The third kappa shape index (κ3) is 2.62. The number of hydrogen-bond donors (Lipinski definition) is 2. The highest BCUT2D eigenvalue weighted by Gasteiger charge is 2.46. The number of ether oxygens (including phenoxy) is 1. The van der Waals surface area contributed by atoms with Gasteiger partial charge >= 0.3 is 5.97 Å². The van der Waals surface area contributed by atoms with E-state index in [-0.39, 0.29) is 47.6 Å². The second-order valence-electron chi connectivity index (χ2n) is 9.40. The Labute approximate surface area is 193 Å². The van der Waals surface area contributed by atoms with Gasteiger partial charge in [-0.1, -0.05) is 6.92 Å². The second kappa shape index (κ2) is 7.10. The van der Waals surface area contributed by atoms with E-state index in [4.69, 9.17) is 4.74 Å². The maximum atomic E-state index is 14.2. The van der Waals surface area contributed by atoms with Gasteiger partial charge in [-0.3, -0.25) is 9.59 Å². The molecule has 2 aromatic heterocycles. The van der Waals surface area contributed by atoms with Crippen molar-refractivity contribution in [1.29, 1.82) is 0 Å². The first-order valence-corrected chi connectivity index (χ1v) is 11.5. The molecule has 8 nitrogen and oxygen atoms in total. The molecule has 0 amide bonds. The molecule has 0 bridgehead atoms. The minimum Gasteiger partial charge on any atom is -0.458 e. The molecule has 9 heteroatoms. The van der Waals surface area contributed by atoms with Gasteiger partial charge in [0.1, 0.15) is 12.4 Å². The number of halogens is 1. The minimum absolute atomic E-state index is 0.0230. The molecule has 1 saturated carbocycles. The zero-order valence-electron chi connectivity index (χ0n) is 18.9. The number of carbonyl (C=O) groups is 1. The molecule has 34 heavy (non-hydrogen) atoms. The lowest BCUT2D eigenvalue weighted by Crippen LogP contribution is -2.44. The number of benzene rings is 1. The Bertz CT molecular complexity index is 1520. The van der Waals surface area contributed by atoms with Crippen LogP contribution in [0.5, 0.6) is 0 Å². The first-order chi connectivity index (χ1) is 16.3. The van der Waals surface area contributed by atoms with Crippen molar-refractivity contribution in [3.63, 3.8) is 0 Å². The summed E-state index contributed by atoms with van der Waals surface area (Å²) < 4.78 is 22.9. The third-order valence-corrected chi connectivity index (χ3v) is 7.76. The van der Waals surface area contributed by atoms with Crippen molar-refractivity contribution in [1.82, 2.24) is 14.5 Å². The third-order valence-electron chi connectivity index (χ3n) is 7.76. The molecule has 1 fully saturated rings. The van der Waals surface area contributed by atoms with E-state index in [9.17, 15) is 23.9 Å². The number of nitrogens with one attached hydrogen (secondary N) is 1. The quantitative estimate of drug-likeness (QED) is 0.448. The Kier molecular flexibility index (Phi) is 4.44. The number of hydrogen-bond acceptors (Lipinski definition) is 6. The number of pyridine rings is 2. The minimum atomic E-state index is -1.96. The van der Waals surface area contributed by atoms with Crippen LogP contribution >= 0.6 is 0 Å². The molecular weight excluding hydrogens is 441 g/mol. The van der Waals surface area contributed by atoms with E-state index in [0.717, 1.165) is 12.8 Å². The predicted molar refractivity (Wildman–Crippen MR) is 122 cm³/mol. The molecule has 2 N–H and O–H groups in total. The summed E-state index contributed by atoms with van der Waals surface area (Å²) in [6.07, 6.45) is 1.71. The van der Waals surface area contributed by atoms with Crippen molar-refractivity contribution in [2.45, 2.75) is 57.0 Å². The summed E-state index contributed by atoms with van der Waals surface area (Å²) in [6.45, 7) is 1.58. The van der Waals surface area contributed by atoms with Gasteiger partial charge in [-0.05, 0) is 50.6 Å². The van der Waals surface area contributed by atoms with Gasteiger partial charge in [0.15, 0.2) is 11.0 Å². The van der Waals surface area contributed by atoms with Crippen LogP contribution < -0.4 is 16.3 Å². The molecule has 6 rings (SSSR count). The molecule has 0 radical (unpaired) electrons. The number of esters is 1. The first kappa shape index (κ1) is 21.2. The molecule has 4 heterocycles. The maximum absolute atomic E-state index is 14.2. The summed E-state index contributed by atoms with van der Waals surface area (Å²) in [4.78, 5) is 39.5. The van der Waals surface area contributed by atoms with Crippen LogP contribution in [0.3, 0.4) is 0 Å². The molecule has 1 atom stereocenters. The predicted octanol–water partition coefficient (Wildman–Crippen LogP) is 1.91. The number of cyclic esters (lactones) is 1. The van der Waals surface area contributed by atoms with Crippen LogP contribution in [0.25, 0.3) is 22.2 Å². The molecule has 1 aliphatic carbocycles. The van der Waals surface area contributed by atoms with E-state index in [1.54, 1.807) is 19.1 Å². The highest BCUT2D eigenvalue weighted by molar-refractivity contribution is 5.88. The number of nitrogens with zero attached hydrogens (tertiary/aromatic N) is 2. The molecule has 3 aromatic rings. The van der Waals surface area contributed by atoms with Crippen LogP contribution in [0.4, 0.5) is 4.39 Å². The van der Waals surface area contributed by atoms with E-state index in [0.29, 0.717) is 28.5 Å². The normalized spacial score (nSPS) is 24.9. The summed E-state index contributed by atoms with van der Waals surface area (Å²) in [6, 6.07) is 6.21. The first-order valence-electron chi connectivity index (χ1n) is 11.5. The Morgan fingerprint density at radius 2 is 2.00 bits per heavy atom. The van der Waals surface area contributed by atoms with Gasteiger partial charge in [-0.2, -0.15) is 0 Å². The van der Waals surface area contributed by atoms with Gasteiger partial charge in [-0.25, -0.2) is 9.18 Å². The number of fused-ring (bicyclic) bond motifs is 5. The van der Waals surface area contributed by atoms with Crippen molar-refractivity contribution in [2.24, 2.45) is 0 Å². The second-order valence-corrected chi connectivity index (χ2v) is 9.40. The van der Waals surface area contributed by atoms with Crippen molar-refractivity contribution < 1.29 is 19.0 Å². The van der Waals surface area contributed by atoms with Crippen molar-refractivity contribution >= 4 is 16.9 Å². The summed E-state index contributed by atoms with van der Waals surface area (Å²) in [5.74, 6) is -1.32. The van der Waals surface area contributed by atoms with Crippen LogP contribution in [0.15, 0.2) is 33.9 Å². The maximum Gasteiger partial charge on any atom is 0.343 e. The van der Waals surface area contributed by atoms with Crippen LogP contribution in [-0.4, -0.2) is 33.3 Å². The molecular formula is C25H24FN3O5. The Morgan fingerprint density at radius 1 is 1.24 bits per heavy atom. The average Bonchev–Trinajstić information content (AvgIpc) is 3.18. The largest absolute Gasteiger partial charge is 0.458 e. The van der Waals surface area contributed by atoms with Crippen LogP contribution in [0.1, 0.15) is 49.0 Å². The summed E-state index contributed by atoms with van der Waals surface area (Å²) in [5, 5.41) is 14.6. The van der Waals surface area contributed by atoms with Crippen LogP contribution in [-0.2, 0) is 28.3 Å². The highest BCUT2D eigenvalue weighted by Crippen LogP contribution is 2.42. The SMILES string of the molecule is CC[C@@]1(O)C(=O)OCc2c1cc1n(c2=O)Cc2c-1c(=O)c1cc(F)ccc1n2C1CC(NC)C1. The topological polar surface area (TPSA) is 103 Å². The van der Waals surface area contributed by atoms with Crippen LogP contribution in [0.2, 0.25) is 0 Å². The Balaban J connectivity index is 1.67. The fourth-order valence-electron chi connectivity index (χ4n) is 5.72. The van der Waals surface area contributed by atoms with E-state index >= 15 is 0 Å². The molecule has 1 aromatic carbocycles. The van der Waals surface area contributed by atoms with Gasteiger partial charge in [0.2, 0.25) is 0 Å². The molecule has 0 saturated heterocycles. The number of aliphatic hydroxyl groups is 1. The standard InChI is InChI=1S/C25H24FN3O5/c1-3-25(33)17-9-19-21-20(10-28(19)23(31)16(17)11-34-24(25)32)29(14-7-13(8-14)27-2)18-5-4-12(26)6-15(18)22(21)30/h4-6,9,13-14,27,33H,3,7-8,10-11H2,1-2H3/t13?,14?,25-/m0/s1. The Morgan fingerprint density at radius 3 is 2.71 bits per heavy atom. The summed E-state index contributed by atoms with van der Waals surface area (Å²) in [5.41, 5.74) is -0.331. The lowest BCUT2D eigenvalue weighted by atomic mass is 9.85. The summed E-state index contributed by atoms with van der Waals surface area (Å²) >= 11 is 0. The Hall–Kier alpha value is -3.30. The highest BCUT2D eigenvalue weighted by atomic mass is 19.1. The van der Waals surface area contributed by atoms with Crippen molar-refractivity contribution in [2.75, 3.05) is 7.05 Å². The van der Waals surface area contributed by atoms with Crippen molar-refractivity contribution in [3.05, 3.63) is 67.5 Å². The number of rotatable bonds is 3. The average molecular weight is 465 g/mol. The zero-order valence-corrected chi connectivity index (χ0v) is 18.9. The molecule has 0 unspecified atom stereocenters. The monoisotopic (exact) mass is 465 g/mol. The van der Waals surface area contributed by atoms with E-state index in [1.165, 1.54) is 16.7 Å². The lowest BCUT2D eigenvalue weighted by molar-refractivity contribution is -0.172. The fourth-order valence-corrected chi connectivity index (χ4v) is 5.72. The molecule has 176 valence electrons.